The molecule has 0 amide bonds. The molecule has 1 heterocycles. The van der Waals surface area contributed by atoms with Gasteiger partial charge in [0.1, 0.15) is 0 Å². The minimum absolute atomic E-state index is 0.0144. The van der Waals surface area contributed by atoms with Gasteiger partial charge in [0.2, 0.25) is 0 Å². The van der Waals surface area contributed by atoms with Crippen LogP contribution >= 0.6 is 11.6 Å². The first-order valence-electron chi connectivity index (χ1n) is 6.30. The van der Waals surface area contributed by atoms with Crippen LogP contribution in [0.5, 0.6) is 0 Å². The number of likely N-dealkylation sites (N-methyl/N-ethyl adjacent to an activating group) is 1. The van der Waals surface area contributed by atoms with Gasteiger partial charge in [-0.3, -0.25) is 10.1 Å². The average Bonchev–Trinajstić information content (AvgIpc) is 2.42. The monoisotopic (exact) mass is 314 g/mol. The normalized spacial score (nSPS) is 16.7. The fourth-order valence-electron chi connectivity index (χ4n) is 2.06. The molecule has 1 aliphatic rings. The summed E-state index contributed by atoms with van der Waals surface area (Å²) < 4.78 is 0. The Labute approximate surface area is 126 Å². The summed E-state index contributed by atoms with van der Waals surface area (Å²) in [6, 6.07) is 2.15. The van der Waals surface area contributed by atoms with Gasteiger partial charge in [-0.25, -0.2) is 9.80 Å². The van der Waals surface area contributed by atoms with E-state index in [1.165, 1.54) is 0 Å². The van der Waals surface area contributed by atoms with Crippen LogP contribution in [0.25, 0.3) is 0 Å². The summed E-state index contributed by atoms with van der Waals surface area (Å²) in [5.41, 5.74) is 2.58. The molecule has 2 rings (SSSR count). The minimum atomic E-state index is -1.27. The van der Waals surface area contributed by atoms with E-state index in [1.807, 2.05) is 12.1 Å². The van der Waals surface area contributed by atoms with E-state index in [-0.39, 0.29) is 22.0 Å². The SMILES string of the molecule is CN1CCN(Nc2c(Cl)cc([N+](=O)[O-])cc2C(=O)O)CC1. The molecule has 0 aliphatic carbocycles. The van der Waals surface area contributed by atoms with Gasteiger partial charge in [0, 0.05) is 38.3 Å². The van der Waals surface area contributed by atoms with Gasteiger partial charge >= 0.3 is 5.97 Å². The van der Waals surface area contributed by atoms with E-state index in [0.29, 0.717) is 13.1 Å². The number of hydrogen-bond donors (Lipinski definition) is 2. The van der Waals surface area contributed by atoms with Crippen molar-refractivity contribution in [2.45, 2.75) is 0 Å². The Morgan fingerprint density at radius 3 is 2.52 bits per heavy atom. The molecule has 8 nitrogen and oxygen atoms in total. The highest BCUT2D eigenvalue weighted by atomic mass is 35.5. The number of benzene rings is 1. The minimum Gasteiger partial charge on any atom is -0.478 e. The molecule has 0 bridgehead atoms. The molecule has 0 radical (unpaired) electrons. The van der Waals surface area contributed by atoms with Crippen LogP contribution in [0.1, 0.15) is 10.4 Å². The van der Waals surface area contributed by atoms with Crippen molar-refractivity contribution in [3.05, 3.63) is 32.8 Å². The van der Waals surface area contributed by atoms with Crippen LogP contribution in [0.2, 0.25) is 5.02 Å². The van der Waals surface area contributed by atoms with Gasteiger partial charge in [-0.05, 0) is 7.05 Å². The Morgan fingerprint density at radius 1 is 1.38 bits per heavy atom. The lowest BCUT2D eigenvalue weighted by molar-refractivity contribution is -0.384. The van der Waals surface area contributed by atoms with Crippen LogP contribution in [0.3, 0.4) is 0 Å². The Balaban J connectivity index is 2.29. The predicted molar refractivity (Wildman–Crippen MR) is 77.8 cm³/mol. The van der Waals surface area contributed by atoms with Crippen LogP contribution in [-0.2, 0) is 0 Å². The summed E-state index contributed by atoms with van der Waals surface area (Å²) >= 11 is 6.00. The molecular weight excluding hydrogens is 300 g/mol. The number of nitro groups is 1. The summed E-state index contributed by atoms with van der Waals surface area (Å²) in [5, 5.41) is 21.9. The summed E-state index contributed by atoms with van der Waals surface area (Å²) in [5.74, 6) is -1.27. The number of anilines is 1. The van der Waals surface area contributed by atoms with Crippen molar-refractivity contribution in [3.8, 4) is 0 Å². The van der Waals surface area contributed by atoms with Crippen molar-refractivity contribution in [1.29, 1.82) is 0 Å². The smallest absolute Gasteiger partial charge is 0.338 e. The maximum atomic E-state index is 11.3. The van der Waals surface area contributed by atoms with Crippen LogP contribution in [0.15, 0.2) is 12.1 Å². The van der Waals surface area contributed by atoms with E-state index in [4.69, 9.17) is 11.6 Å². The molecule has 0 spiro atoms. The second kappa shape index (κ2) is 6.25. The van der Waals surface area contributed by atoms with E-state index in [2.05, 4.69) is 10.3 Å². The lowest BCUT2D eigenvalue weighted by atomic mass is 10.1. The Bertz CT molecular complexity index is 573. The van der Waals surface area contributed by atoms with E-state index in [1.54, 1.807) is 0 Å². The Hall–Kier alpha value is -1.90. The number of hydrazine groups is 1. The third-order valence-electron chi connectivity index (χ3n) is 3.29. The van der Waals surface area contributed by atoms with E-state index >= 15 is 0 Å². The maximum absolute atomic E-state index is 11.3. The quantitative estimate of drug-likeness (QED) is 0.642. The molecule has 0 aromatic heterocycles. The fraction of sp³-hybridized carbons (Fsp3) is 0.417. The highest BCUT2D eigenvalue weighted by Gasteiger charge is 2.22. The number of rotatable bonds is 4. The second-order valence-electron chi connectivity index (χ2n) is 4.81. The largest absolute Gasteiger partial charge is 0.478 e. The van der Waals surface area contributed by atoms with E-state index < -0.39 is 10.9 Å². The molecule has 0 unspecified atom stereocenters. The predicted octanol–water partition coefficient (Wildman–Crippen LogP) is 1.52. The summed E-state index contributed by atoms with van der Waals surface area (Å²) in [4.78, 5) is 23.6. The highest BCUT2D eigenvalue weighted by Crippen LogP contribution is 2.31. The molecule has 114 valence electrons. The van der Waals surface area contributed by atoms with Gasteiger partial charge in [-0.1, -0.05) is 11.6 Å². The number of nitrogens with zero attached hydrogens (tertiary/aromatic N) is 3. The number of carboxylic acids is 1. The molecule has 1 aliphatic heterocycles. The average molecular weight is 315 g/mol. The van der Waals surface area contributed by atoms with Crippen LogP contribution in [0, 0.1) is 10.1 Å². The number of nitrogens with one attached hydrogen (secondary N) is 1. The molecule has 0 atom stereocenters. The molecule has 1 saturated heterocycles. The first kappa shape index (κ1) is 15.5. The molecule has 0 saturated carbocycles. The first-order valence-corrected chi connectivity index (χ1v) is 6.67. The molecule has 21 heavy (non-hydrogen) atoms. The number of nitro benzene ring substituents is 1. The van der Waals surface area contributed by atoms with Gasteiger partial charge in [0.15, 0.2) is 0 Å². The number of carboxylic acid groups (broad SMARTS) is 1. The van der Waals surface area contributed by atoms with Crippen molar-refractivity contribution >= 4 is 28.9 Å². The fourth-order valence-corrected chi connectivity index (χ4v) is 2.31. The van der Waals surface area contributed by atoms with Crippen LogP contribution in [-0.4, -0.2) is 59.1 Å². The molecule has 1 aromatic carbocycles. The Kier molecular flexibility index (Phi) is 4.61. The van der Waals surface area contributed by atoms with Crippen LogP contribution in [0.4, 0.5) is 11.4 Å². The van der Waals surface area contributed by atoms with E-state index in [0.717, 1.165) is 25.2 Å². The number of hydrogen-bond acceptors (Lipinski definition) is 6. The topological polar surface area (TPSA) is 99.0 Å². The third-order valence-corrected chi connectivity index (χ3v) is 3.59. The van der Waals surface area contributed by atoms with Crippen molar-refractivity contribution < 1.29 is 14.8 Å². The third kappa shape index (κ3) is 3.60. The first-order chi connectivity index (χ1) is 9.88. The number of halogens is 1. The molecule has 1 fully saturated rings. The number of non-ortho nitro benzene ring substituents is 1. The zero-order chi connectivity index (χ0) is 15.6. The lowest BCUT2D eigenvalue weighted by Crippen LogP contribution is -2.47. The molecular formula is C12H15ClN4O4. The summed E-state index contributed by atoms with van der Waals surface area (Å²) in [6.45, 7) is 3.06. The number of piperazine rings is 1. The van der Waals surface area contributed by atoms with Crippen molar-refractivity contribution in [2.24, 2.45) is 0 Å². The molecule has 9 heteroatoms. The Morgan fingerprint density at radius 2 is 2.00 bits per heavy atom. The van der Waals surface area contributed by atoms with Crippen molar-refractivity contribution in [1.82, 2.24) is 9.91 Å². The standard InChI is InChI=1S/C12H15ClN4O4/c1-15-2-4-16(5-3-15)14-11-9(12(18)19)6-8(17(20)21)7-10(11)13/h6-7,14H,2-5H2,1H3,(H,18,19). The van der Waals surface area contributed by atoms with Gasteiger partial charge < -0.3 is 15.4 Å². The highest BCUT2D eigenvalue weighted by molar-refractivity contribution is 6.34. The van der Waals surface area contributed by atoms with Gasteiger partial charge in [-0.2, -0.15) is 0 Å². The maximum Gasteiger partial charge on any atom is 0.338 e. The summed E-state index contributed by atoms with van der Waals surface area (Å²) in [6.07, 6.45) is 0. The van der Waals surface area contributed by atoms with Crippen molar-refractivity contribution in [3.63, 3.8) is 0 Å². The zero-order valence-electron chi connectivity index (χ0n) is 11.4. The second-order valence-corrected chi connectivity index (χ2v) is 5.22. The van der Waals surface area contributed by atoms with Crippen LogP contribution < -0.4 is 5.43 Å². The number of aromatic carboxylic acids is 1. The zero-order valence-corrected chi connectivity index (χ0v) is 12.1. The van der Waals surface area contributed by atoms with E-state index in [9.17, 15) is 20.0 Å². The van der Waals surface area contributed by atoms with Gasteiger partial charge in [0.05, 0.1) is 21.2 Å². The number of carbonyl (C=O) groups is 1. The van der Waals surface area contributed by atoms with Gasteiger partial charge in [-0.15, -0.1) is 0 Å². The summed E-state index contributed by atoms with van der Waals surface area (Å²) in [7, 11) is 2.00. The van der Waals surface area contributed by atoms with Crippen molar-refractivity contribution in [2.75, 3.05) is 38.7 Å². The van der Waals surface area contributed by atoms with Gasteiger partial charge in [0.25, 0.3) is 5.69 Å². The molecule has 2 N–H and O–H groups in total. The molecule has 1 aromatic rings. The lowest BCUT2D eigenvalue weighted by Gasteiger charge is -2.33.